The molecule has 15 heavy (non-hydrogen) atoms. The van der Waals surface area contributed by atoms with Crippen LogP contribution in [0.4, 0.5) is 0 Å². The van der Waals surface area contributed by atoms with Crippen LogP contribution in [0.1, 0.15) is 33.1 Å². The normalized spacial score (nSPS) is 15.2. The first-order valence-corrected chi connectivity index (χ1v) is 5.22. The van der Waals surface area contributed by atoms with Gasteiger partial charge >= 0.3 is 5.97 Å². The topological polar surface area (TPSA) is 66.8 Å². The molecule has 0 aromatic rings. The lowest BCUT2D eigenvalue weighted by molar-refractivity contribution is -0.139. The second kappa shape index (κ2) is 8.44. The molecule has 0 radical (unpaired) electrons. The van der Waals surface area contributed by atoms with Crippen molar-refractivity contribution >= 4 is 5.97 Å². The van der Waals surface area contributed by atoms with Gasteiger partial charge < -0.3 is 14.9 Å². The lowest BCUT2D eigenvalue weighted by Crippen LogP contribution is -2.24. The molecule has 0 heterocycles. The van der Waals surface area contributed by atoms with E-state index in [-0.39, 0.29) is 12.6 Å². The van der Waals surface area contributed by atoms with Crippen LogP contribution in [0.15, 0.2) is 12.2 Å². The number of aliphatic hydroxyl groups excluding tert-OH is 2. The maximum atomic E-state index is 10.4. The van der Waals surface area contributed by atoms with Crippen molar-refractivity contribution in [2.75, 3.05) is 6.61 Å². The van der Waals surface area contributed by atoms with Gasteiger partial charge in [-0.3, -0.25) is 4.79 Å². The molecular formula is C11H20O4. The van der Waals surface area contributed by atoms with Gasteiger partial charge in [0.25, 0.3) is 0 Å². The van der Waals surface area contributed by atoms with E-state index < -0.39 is 12.2 Å². The summed E-state index contributed by atoms with van der Waals surface area (Å²) >= 11 is 0. The average molecular weight is 216 g/mol. The van der Waals surface area contributed by atoms with Crippen molar-refractivity contribution in [3.63, 3.8) is 0 Å². The van der Waals surface area contributed by atoms with Gasteiger partial charge in [-0.05, 0) is 19.3 Å². The Morgan fingerprint density at radius 1 is 1.33 bits per heavy atom. The number of hydrogen-bond donors (Lipinski definition) is 2. The molecule has 4 nitrogen and oxygen atoms in total. The third-order valence-electron chi connectivity index (χ3n) is 2.04. The van der Waals surface area contributed by atoms with Crippen LogP contribution in [0.3, 0.4) is 0 Å². The van der Waals surface area contributed by atoms with E-state index in [2.05, 4.69) is 4.74 Å². The second-order valence-electron chi connectivity index (χ2n) is 3.39. The highest BCUT2D eigenvalue weighted by Gasteiger charge is 2.12. The Morgan fingerprint density at radius 2 is 2.00 bits per heavy atom. The van der Waals surface area contributed by atoms with Crippen molar-refractivity contribution in [1.29, 1.82) is 0 Å². The maximum absolute atomic E-state index is 10.4. The fraction of sp³-hybridized carbons (Fsp3) is 0.727. The highest BCUT2D eigenvalue weighted by molar-refractivity contribution is 5.65. The number of hydrogen-bond acceptors (Lipinski definition) is 4. The lowest BCUT2D eigenvalue weighted by atomic mass is 10.1. The van der Waals surface area contributed by atoms with Crippen LogP contribution in [0, 0.1) is 0 Å². The number of allylic oxidation sites excluding steroid dienone is 1. The highest BCUT2D eigenvalue weighted by Crippen LogP contribution is 2.05. The number of carbonyl (C=O) groups is 1. The molecule has 88 valence electrons. The molecule has 0 rings (SSSR count). The molecule has 4 heteroatoms. The summed E-state index contributed by atoms with van der Waals surface area (Å²) in [6.07, 6.45) is 3.98. The van der Waals surface area contributed by atoms with Crippen LogP contribution in [-0.2, 0) is 9.53 Å². The van der Waals surface area contributed by atoms with Gasteiger partial charge in [0.1, 0.15) is 6.61 Å². The van der Waals surface area contributed by atoms with Crippen molar-refractivity contribution in [1.82, 2.24) is 0 Å². The monoisotopic (exact) mass is 216 g/mol. The first-order chi connectivity index (χ1) is 7.07. The molecule has 0 spiro atoms. The van der Waals surface area contributed by atoms with Crippen molar-refractivity contribution < 1.29 is 19.7 Å². The third kappa shape index (κ3) is 8.15. The van der Waals surface area contributed by atoms with Gasteiger partial charge in [-0.2, -0.15) is 0 Å². The average Bonchev–Trinajstić information content (AvgIpc) is 2.21. The molecule has 0 aliphatic carbocycles. The summed E-state index contributed by atoms with van der Waals surface area (Å²) < 4.78 is 4.68. The Bertz CT molecular complexity index is 201. The summed E-state index contributed by atoms with van der Waals surface area (Å²) in [5.74, 6) is -0.305. The van der Waals surface area contributed by atoms with Crippen LogP contribution in [-0.4, -0.2) is 35.0 Å². The summed E-state index contributed by atoms with van der Waals surface area (Å²) in [7, 11) is 0. The van der Waals surface area contributed by atoms with Crippen LogP contribution in [0.5, 0.6) is 0 Å². The first-order valence-electron chi connectivity index (χ1n) is 5.22. The van der Waals surface area contributed by atoms with Crippen LogP contribution >= 0.6 is 0 Å². The van der Waals surface area contributed by atoms with Crippen molar-refractivity contribution in [2.24, 2.45) is 0 Å². The van der Waals surface area contributed by atoms with Gasteiger partial charge in [0.15, 0.2) is 0 Å². The molecule has 0 aliphatic heterocycles. The molecule has 0 bridgehead atoms. The Labute approximate surface area is 90.6 Å². The van der Waals surface area contributed by atoms with E-state index >= 15 is 0 Å². The zero-order valence-corrected chi connectivity index (χ0v) is 9.35. The predicted octanol–water partition coefficient (Wildman–Crippen LogP) is 1.02. The molecule has 0 aliphatic rings. The van der Waals surface area contributed by atoms with Crippen molar-refractivity contribution in [2.45, 2.75) is 45.3 Å². The quantitative estimate of drug-likeness (QED) is 0.492. The van der Waals surface area contributed by atoms with Crippen molar-refractivity contribution in [3.05, 3.63) is 12.2 Å². The summed E-state index contributed by atoms with van der Waals surface area (Å²) in [6, 6.07) is 0. The largest absolute Gasteiger partial charge is 0.462 e. The van der Waals surface area contributed by atoms with E-state index in [1.165, 1.54) is 6.92 Å². The summed E-state index contributed by atoms with van der Waals surface area (Å²) in [5, 5.41) is 18.7. The molecule has 0 saturated carbocycles. The molecule has 0 fully saturated rings. The van der Waals surface area contributed by atoms with E-state index in [9.17, 15) is 15.0 Å². The van der Waals surface area contributed by atoms with Crippen LogP contribution in [0.25, 0.3) is 0 Å². The van der Waals surface area contributed by atoms with Gasteiger partial charge in [-0.15, -0.1) is 0 Å². The molecule has 2 N–H and O–H groups in total. The Hall–Kier alpha value is -0.870. The standard InChI is InChI=1S/C11H20O4/c1-3-10(13)11(14)7-5-4-6-8-15-9(2)12/h4,6,10-11,13-14H,3,5,7-8H2,1-2H3/b6-4+/t10-,11+/m1/s1. The lowest BCUT2D eigenvalue weighted by Gasteiger charge is -2.14. The number of aliphatic hydroxyl groups is 2. The smallest absolute Gasteiger partial charge is 0.302 e. The Morgan fingerprint density at radius 3 is 2.53 bits per heavy atom. The molecule has 0 amide bonds. The minimum absolute atomic E-state index is 0.266. The summed E-state index contributed by atoms with van der Waals surface area (Å²) in [4.78, 5) is 10.4. The fourth-order valence-corrected chi connectivity index (χ4v) is 1.08. The minimum Gasteiger partial charge on any atom is -0.462 e. The third-order valence-corrected chi connectivity index (χ3v) is 2.04. The zero-order chi connectivity index (χ0) is 11.7. The SMILES string of the molecule is CC[C@@H](O)[C@@H](O)CC/C=C/COC(C)=O. The predicted molar refractivity (Wildman–Crippen MR) is 57.3 cm³/mol. The maximum Gasteiger partial charge on any atom is 0.302 e. The van der Waals surface area contributed by atoms with Gasteiger partial charge in [0.05, 0.1) is 12.2 Å². The summed E-state index contributed by atoms with van der Waals surface area (Å²) in [5.41, 5.74) is 0. The second-order valence-corrected chi connectivity index (χ2v) is 3.39. The van der Waals surface area contributed by atoms with Crippen LogP contribution in [0.2, 0.25) is 0 Å². The fourth-order valence-electron chi connectivity index (χ4n) is 1.08. The molecule has 0 unspecified atom stereocenters. The van der Waals surface area contributed by atoms with Gasteiger partial charge in [0.2, 0.25) is 0 Å². The van der Waals surface area contributed by atoms with E-state index in [1.54, 1.807) is 6.08 Å². The number of rotatable bonds is 7. The highest BCUT2D eigenvalue weighted by atomic mass is 16.5. The summed E-state index contributed by atoms with van der Waals surface area (Å²) in [6.45, 7) is 3.45. The van der Waals surface area contributed by atoms with Crippen molar-refractivity contribution in [3.8, 4) is 0 Å². The van der Waals surface area contributed by atoms with E-state index in [4.69, 9.17) is 0 Å². The Balaban J connectivity index is 3.48. The minimum atomic E-state index is -0.673. The molecular weight excluding hydrogens is 196 g/mol. The molecule has 0 aromatic heterocycles. The van der Waals surface area contributed by atoms with Gasteiger partial charge in [0, 0.05) is 6.92 Å². The van der Waals surface area contributed by atoms with E-state index in [1.807, 2.05) is 13.0 Å². The first kappa shape index (κ1) is 14.1. The molecule has 0 saturated heterocycles. The number of carbonyl (C=O) groups excluding carboxylic acids is 1. The zero-order valence-electron chi connectivity index (χ0n) is 9.35. The molecule has 2 atom stereocenters. The Kier molecular flexibility index (Phi) is 7.95. The number of esters is 1. The van der Waals surface area contributed by atoms with Gasteiger partial charge in [-0.25, -0.2) is 0 Å². The van der Waals surface area contributed by atoms with E-state index in [0.717, 1.165) is 0 Å². The van der Waals surface area contributed by atoms with Gasteiger partial charge in [-0.1, -0.05) is 19.1 Å². The van der Waals surface area contributed by atoms with E-state index in [0.29, 0.717) is 19.3 Å². The molecule has 0 aromatic carbocycles. The van der Waals surface area contributed by atoms with Crippen LogP contribution < -0.4 is 0 Å². The number of ether oxygens (including phenoxy) is 1.